The van der Waals surface area contributed by atoms with Crippen LogP contribution in [-0.2, 0) is 14.4 Å². The second kappa shape index (κ2) is 7.36. The number of para-hydroxylation sites is 1. The molecule has 2 amide bonds. The van der Waals surface area contributed by atoms with Crippen molar-refractivity contribution in [1.29, 1.82) is 0 Å². The molecule has 0 aromatic heterocycles. The molecule has 2 aliphatic heterocycles. The van der Waals surface area contributed by atoms with Gasteiger partial charge in [-0.05, 0) is 55.7 Å². The average molecular weight is 412 g/mol. The van der Waals surface area contributed by atoms with Crippen LogP contribution in [0.5, 0.6) is 0 Å². The van der Waals surface area contributed by atoms with E-state index in [4.69, 9.17) is 4.84 Å². The van der Waals surface area contributed by atoms with Crippen molar-refractivity contribution in [2.45, 2.75) is 32.9 Å². The number of anilines is 2. The van der Waals surface area contributed by atoms with E-state index in [2.05, 4.69) is 0 Å². The molecule has 3 aromatic rings. The lowest BCUT2D eigenvalue weighted by Gasteiger charge is -2.30. The Hall–Kier alpha value is -3.44. The van der Waals surface area contributed by atoms with E-state index in [1.54, 1.807) is 5.06 Å². The molecule has 2 saturated heterocycles. The first-order valence-electron chi connectivity index (χ1n) is 10.5. The minimum absolute atomic E-state index is 0.214. The van der Waals surface area contributed by atoms with E-state index < -0.39 is 12.0 Å². The van der Waals surface area contributed by atoms with Gasteiger partial charge in [0.2, 0.25) is 5.91 Å². The molecule has 5 nitrogen and oxygen atoms in total. The zero-order chi connectivity index (χ0) is 21.7. The van der Waals surface area contributed by atoms with Gasteiger partial charge in [0.15, 0.2) is 6.10 Å². The predicted octanol–water partition coefficient (Wildman–Crippen LogP) is 4.66. The van der Waals surface area contributed by atoms with Crippen molar-refractivity contribution in [3.63, 3.8) is 0 Å². The van der Waals surface area contributed by atoms with Gasteiger partial charge in [-0.25, -0.2) is 9.96 Å². The van der Waals surface area contributed by atoms with E-state index in [1.807, 2.05) is 93.6 Å². The molecule has 0 spiro atoms. The third-order valence-corrected chi connectivity index (χ3v) is 6.23. The number of hydroxylamine groups is 1. The molecule has 0 radical (unpaired) electrons. The highest BCUT2D eigenvalue weighted by Crippen LogP contribution is 2.48. The SMILES string of the molecule is Cc1ccc(N2C(=O)[C@@H]3[C@H](ON(c4ccccc4)[C@@H]3c3ccccc3C)C2=O)c(C)c1. The van der Waals surface area contributed by atoms with Crippen molar-refractivity contribution in [3.05, 3.63) is 95.1 Å². The molecule has 0 saturated carbocycles. The Kier molecular flexibility index (Phi) is 4.63. The number of carbonyl (C=O) groups excluding carboxylic acids is 2. The zero-order valence-corrected chi connectivity index (χ0v) is 17.8. The van der Waals surface area contributed by atoms with Crippen molar-refractivity contribution >= 4 is 23.2 Å². The first-order valence-corrected chi connectivity index (χ1v) is 10.5. The van der Waals surface area contributed by atoms with E-state index in [-0.39, 0.29) is 17.9 Å². The summed E-state index contributed by atoms with van der Waals surface area (Å²) >= 11 is 0. The third-order valence-electron chi connectivity index (χ3n) is 6.23. The first kappa shape index (κ1) is 19.5. The van der Waals surface area contributed by atoms with Gasteiger partial charge in [-0.2, -0.15) is 0 Å². The van der Waals surface area contributed by atoms with Crippen LogP contribution < -0.4 is 9.96 Å². The van der Waals surface area contributed by atoms with Crippen LogP contribution in [0.3, 0.4) is 0 Å². The molecule has 5 heteroatoms. The van der Waals surface area contributed by atoms with Gasteiger partial charge in [-0.15, -0.1) is 0 Å². The standard InChI is InChI=1S/C26H24N2O3/c1-16-13-14-21(18(3)15-16)27-25(29)22-23(20-12-8-7-9-17(20)2)28(31-24(22)26(27)30)19-10-5-4-6-11-19/h4-15,22-24H,1-3H3/t22-,23+,24-/m0/s1. The highest BCUT2D eigenvalue weighted by atomic mass is 16.7. The summed E-state index contributed by atoms with van der Waals surface area (Å²) < 4.78 is 0. The van der Waals surface area contributed by atoms with Crippen LogP contribution in [0.4, 0.5) is 11.4 Å². The Morgan fingerprint density at radius 2 is 1.48 bits per heavy atom. The summed E-state index contributed by atoms with van der Waals surface area (Å²) in [5.41, 5.74) is 5.49. The van der Waals surface area contributed by atoms with Gasteiger partial charge < -0.3 is 0 Å². The minimum atomic E-state index is -0.849. The number of imide groups is 1. The largest absolute Gasteiger partial charge is 0.273 e. The predicted molar refractivity (Wildman–Crippen MR) is 120 cm³/mol. The summed E-state index contributed by atoms with van der Waals surface area (Å²) in [7, 11) is 0. The average Bonchev–Trinajstić information content (AvgIpc) is 3.26. The normalized spacial score (nSPS) is 22.9. The van der Waals surface area contributed by atoms with Crippen LogP contribution in [0, 0.1) is 26.7 Å². The number of amides is 2. The van der Waals surface area contributed by atoms with Gasteiger partial charge in [0.05, 0.1) is 17.4 Å². The van der Waals surface area contributed by atoms with Crippen molar-refractivity contribution in [2.75, 3.05) is 9.96 Å². The molecule has 0 unspecified atom stereocenters. The van der Waals surface area contributed by atoms with Crippen LogP contribution >= 0.6 is 0 Å². The van der Waals surface area contributed by atoms with E-state index >= 15 is 0 Å². The Balaban J connectivity index is 1.61. The summed E-state index contributed by atoms with van der Waals surface area (Å²) in [6, 6.07) is 23.0. The molecule has 3 atom stereocenters. The number of carbonyl (C=O) groups is 2. The van der Waals surface area contributed by atoms with Crippen molar-refractivity contribution in [2.24, 2.45) is 5.92 Å². The summed E-state index contributed by atoms with van der Waals surface area (Å²) in [5, 5.41) is 1.74. The van der Waals surface area contributed by atoms with Crippen molar-refractivity contribution in [3.8, 4) is 0 Å². The number of hydrogen-bond donors (Lipinski definition) is 0. The van der Waals surface area contributed by atoms with Gasteiger partial charge in [0.1, 0.15) is 5.92 Å². The summed E-state index contributed by atoms with van der Waals surface area (Å²) in [6.45, 7) is 5.94. The van der Waals surface area contributed by atoms with E-state index in [1.165, 1.54) is 4.90 Å². The van der Waals surface area contributed by atoms with Crippen LogP contribution in [0.15, 0.2) is 72.8 Å². The van der Waals surface area contributed by atoms with Gasteiger partial charge in [0, 0.05) is 0 Å². The highest BCUT2D eigenvalue weighted by Gasteiger charge is 2.60. The molecule has 5 rings (SSSR count). The topological polar surface area (TPSA) is 49.9 Å². The molecule has 0 bridgehead atoms. The van der Waals surface area contributed by atoms with E-state index in [0.717, 1.165) is 27.9 Å². The number of hydrogen-bond acceptors (Lipinski definition) is 4. The quantitative estimate of drug-likeness (QED) is 0.587. The van der Waals surface area contributed by atoms with Crippen molar-refractivity contribution < 1.29 is 14.4 Å². The van der Waals surface area contributed by atoms with Crippen LogP contribution in [0.25, 0.3) is 0 Å². The van der Waals surface area contributed by atoms with Crippen LogP contribution in [0.1, 0.15) is 28.3 Å². The molecule has 0 aliphatic carbocycles. The maximum absolute atomic E-state index is 13.7. The molecular weight excluding hydrogens is 388 g/mol. The summed E-state index contributed by atoms with van der Waals surface area (Å²) in [5.74, 6) is -1.14. The number of benzene rings is 3. The minimum Gasteiger partial charge on any atom is -0.273 e. The Morgan fingerprint density at radius 3 is 2.19 bits per heavy atom. The van der Waals surface area contributed by atoms with Gasteiger partial charge in [-0.1, -0.05) is 60.2 Å². The smallest absolute Gasteiger partial charge is 0.266 e. The highest BCUT2D eigenvalue weighted by molar-refractivity contribution is 6.24. The number of nitrogens with zero attached hydrogens (tertiary/aromatic N) is 2. The molecule has 156 valence electrons. The van der Waals surface area contributed by atoms with Gasteiger partial charge >= 0.3 is 0 Å². The Bertz CT molecular complexity index is 1170. The van der Waals surface area contributed by atoms with Crippen LogP contribution in [-0.4, -0.2) is 17.9 Å². The molecule has 2 aliphatic rings. The van der Waals surface area contributed by atoms with E-state index in [9.17, 15) is 9.59 Å². The maximum atomic E-state index is 13.7. The van der Waals surface area contributed by atoms with E-state index in [0.29, 0.717) is 5.69 Å². The Morgan fingerprint density at radius 1 is 0.774 bits per heavy atom. The lowest BCUT2D eigenvalue weighted by Crippen LogP contribution is -2.37. The van der Waals surface area contributed by atoms with Gasteiger partial charge in [-0.3, -0.25) is 14.4 Å². The molecule has 2 heterocycles. The summed E-state index contributed by atoms with van der Waals surface area (Å²) in [4.78, 5) is 34.7. The van der Waals surface area contributed by atoms with Crippen molar-refractivity contribution in [1.82, 2.24) is 0 Å². The first-order chi connectivity index (χ1) is 15.0. The Labute approximate surface area is 181 Å². The monoisotopic (exact) mass is 412 g/mol. The fourth-order valence-corrected chi connectivity index (χ4v) is 4.74. The molecule has 2 fully saturated rings. The zero-order valence-electron chi connectivity index (χ0n) is 17.8. The fraction of sp³-hybridized carbons (Fsp3) is 0.231. The molecular formula is C26H24N2O3. The lowest BCUT2D eigenvalue weighted by atomic mass is 9.88. The number of aryl methyl sites for hydroxylation is 3. The third kappa shape index (κ3) is 3.04. The fourth-order valence-electron chi connectivity index (χ4n) is 4.74. The molecule has 31 heavy (non-hydrogen) atoms. The van der Waals surface area contributed by atoms with Crippen LogP contribution in [0.2, 0.25) is 0 Å². The summed E-state index contributed by atoms with van der Waals surface area (Å²) in [6.07, 6.45) is -0.849. The lowest BCUT2D eigenvalue weighted by molar-refractivity contribution is -0.126. The second-order valence-electron chi connectivity index (χ2n) is 8.32. The maximum Gasteiger partial charge on any atom is 0.266 e. The van der Waals surface area contributed by atoms with Gasteiger partial charge in [0.25, 0.3) is 5.91 Å². The number of rotatable bonds is 3. The molecule has 0 N–H and O–H groups in total. The number of fused-ring (bicyclic) bond motifs is 1. The molecule has 3 aromatic carbocycles. The second-order valence-corrected chi connectivity index (χ2v) is 8.32.